The highest BCUT2D eigenvalue weighted by Crippen LogP contribution is 2.27. The van der Waals surface area contributed by atoms with Crippen molar-refractivity contribution in [1.29, 1.82) is 0 Å². The van der Waals surface area contributed by atoms with E-state index in [-0.39, 0.29) is 18.8 Å². The van der Waals surface area contributed by atoms with Gasteiger partial charge in [-0.25, -0.2) is 0 Å². The lowest BCUT2D eigenvalue weighted by molar-refractivity contribution is -0.384. The fourth-order valence-corrected chi connectivity index (χ4v) is 1.32. The Balaban J connectivity index is 2.88. The molecule has 1 atom stereocenters. The number of hydrogen-bond acceptors (Lipinski definition) is 5. The number of rotatable bonds is 5. The molecule has 0 spiro atoms. The van der Waals surface area contributed by atoms with Gasteiger partial charge in [0.2, 0.25) is 0 Å². The van der Waals surface area contributed by atoms with Gasteiger partial charge in [-0.15, -0.1) is 0 Å². The SMILES string of the molecule is Cc1cccc([N+](=O)[O-])c1NCC(O)CO. The maximum absolute atomic E-state index is 10.7. The first kappa shape index (κ1) is 12.4. The monoisotopic (exact) mass is 226 g/mol. The molecule has 6 nitrogen and oxygen atoms in total. The Bertz CT molecular complexity index is 381. The van der Waals surface area contributed by atoms with Crippen molar-refractivity contribution < 1.29 is 15.1 Å². The lowest BCUT2D eigenvalue weighted by Gasteiger charge is -2.12. The van der Waals surface area contributed by atoms with Crippen LogP contribution in [0.1, 0.15) is 5.56 Å². The van der Waals surface area contributed by atoms with Gasteiger partial charge >= 0.3 is 0 Å². The fraction of sp³-hybridized carbons (Fsp3) is 0.400. The third kappa shape index (κ3) is 2.91. The molecule has 0 saturated carbocycles. The zero-order chi connectivity index (χ0) is 12.1. The van der Waals surface area contributed by atoms with E-state index in [1.807, 2.05) is 0 Å². The Labute approximate surface area is 92.7 Å². The van der Waals surface area contributed by atoms with Crippen molar-refractivity contribution in [3.05, 3.63) is 33.9 Å². The van der Waals surface area contributed by atoms with Crippen LogP contribution < -0.4 is 5.32 Å². The molecule has 0 aliphatic rings. The van der Waals surface area contributed by atoms with Crippen molar-refractivity contribution in [3.8, 4) is 0 Å². The number of anilines is 1. The summed E-state index contributed by atoms with van der Waals surface area (Å²) in [7, 11) is 0. The molecule has 6 heteroatoms. The Morgan fingerprint density at radius 3 is 2.81 bits per heavy atom. The van der Waals surface area contributed by atoms with Gasteiger partial charge in [0.1, 0.15) is 5.69 Å². The molecule has 0 radical (unpaired) electrons. The summed E-state index contributed by atoms with van der Waals surface area (Å²) >= 11 is 0. The second-order valence-electron chi connectivity index (χ2n) is 3.44. The summed E-state index contributed by atoms with van der Waals surface area (Å²) in [5.74, 6) is 0. The normalized spacial score (nSPS) is 12.2. The average Bonchev–Trinajstić information content (AvgIpc) is 2.26. The predicted octanol–water partition coefficient (Wildman–Crippen LogP) is 0.668. The number of para-hydroxylation sites is 1. The maximum atomic E-state index is 10.7. The van der Waals surface area contributed by atoms with Crippen LogP contribution in [-0.2, 0) is 0 Å². The largest absolute Gasteiger partial charge is 0.394 e. The molecular weight excluding hydrogens is 212 g/mol. The van der Waals surface area contributed by atoms with E-state index in [1.165, 1.54) is 6.07 Å². The van der Waals surface area contributed by atoms with Crippen LogP contribution in [0.3, 0.4) is 0 Å². The van der Waals surface area contributed by atoms with Crippen molar-refractivity contribution in [3.63, 3.8) is 0 Å². The highest BCUT2D eigenvalue weighted by atomic mass is 16.6. The lowest BCUT2D eigenvalue weighted by atomic mass is 10.1. The van der Waals surface area contributed by atoms with E-state index in [9.17, 15) is 10.1 Å². The smallest absolute Gasteiger partial charge is 0.292 e. The Kier molecular flexibility index (Phi) is 4.21. The standard InChI is InChI=1S/C10H14N2O4/c1-7-3-2-4-9(12(15)16)10(7)11-5-8(14)6-13/h2-4,8,11,13-14H,5-6H2,1H3. The second kappa shape index (κ2) is 5.43. The average molecular weight is 226 g/mol. The van der Waals surface area contributed by atoms with E-state index in [2.05, 4.69) is 5.32 Å². The van der Waals surface area contributed by atoms with Gasteiger partial charge in [0.05, 0.1) is 17.6 Å². The van der Waals surface area contributed by atoms with E-state index in [0.29, 0.717) is 5.69 Å². The van der Waals surface area contributed by atoms with E-state index in [1.54, 1.807) is 19.1 Å². The van der Waals surface area contributed by atoms with E-state index in [4.69, 9.17) is 10.2 Å². The van der Waals surface area contributed by atoms with Crippen LogP contribution >= 0.6 is 0 Å². The third-order valence-electron chi connectivity index (χ3n) is 2.17. The first-order valence-corrected chi connectivity index (χ1v) is 4.83. The molecule has 88 valence electrons. The first-order chi connectivity index (χ1) is 7.56. The first-order valence-electron chi connectivity index (χ1n) is 4.83. The molecule has 0 bridgehead atoms. The summed E-state index contributed by atoms with van der Waals surface area (Å²) in [5.41, 5.74) is 1.06. The molecule has 1 aromatic rings. The van der Waals surface area contributed by atoms with Crippen LogP contribution in [0.25, 0.3) is 0 Å². The number of nitro benzene ring substituents is 1. The molecule has 0 fully saturated rings. The molecule has 0 saturated heterocycles. The number of aryl methyl sites for hydroxylation is 1. The zero-order valence-corrected chi connectivity index (χ0v) is 8.88. The molecule has 16 heavy (non-hydrogen) atoms. The van der Waals surface area contributed by atoms with E-state index < -0.39 is 11.0 Å². The Hall–Kier alpha value is -1.66. The molecule has 0 aliphatic carbocycles. The van der Waals surface area contributed by atoms with Gasteiger partial charge in [0.25, 0.3) is 5.69 Å². The van der Waals surface area contributed by atoms with Crippen LogP contribution in [0.5, 0.6) is 0 Å². The summed E-state index contributed by atoms with van der Waals surface area (Å²) in [6.45, 7) is 1.43. The topological polar surface area (TPSA) is 95.6 Å². The number of aliphatic hydroxyl groups excluding tert-OH is 2. The van der Waals surface area contributed by atoms with E-state index in [0.717, 1.165) is 5.56 Å². The molecule has 3 N–H and O–H groups in total. The summed E-state index contributed by atoms with van der Waals surface area (Å²) in [6, 6.07) is 4.72. The number of nitrogens with zero attached hydrogens (tertiary/aromatic N) is 1. The van der Waals surface area contributed by atoms with Crippen molar-refractivity contribution in [2.24, 2.45) is 0 Å². The summed E-state index contributed by atoms with van der Waals surface area (Å²) < 4.78 is 0. The van der Waals surface area contributed by atoms with Gasteiger partial charge in [-0.2, -0.15) is 0 Å². The van der Waals surface area contributed by atoms with Crippen LogP contribution in [0.4, 0.5) is 11.4 Å². The minimum atomic E-state index is -0.931. The molecule has 0 amide bonds. The summed E-state index contributed by atoms with van der Waals surface area (Å²) in [5, 5.41) is 31.3. The Morgan fingerprint density at radius 1 is 1.56 bits per heavy atom. The quantitative estimate of drug-likeness (QED) is 0.506. The van der Waals surface area contributed by atoms with Crippen molar-refractivity contribution in [2.75, 3.05) is 18.5 Å². The molecule has 0 heterocycles. The molecule has 1 aromatic carbocycles. The van der Waals surface area contributed by atoms with Gasteiger partial charge in [-0.1, -0.05) is 12.1 Å². The van der Waals surface area contributed by atoms with Gasteiger partial charge in [-0.05, 0) is 12.5 Å². The second-order valence-corrected chi connectivity index (χ2v) is 3.44. The van der Waals surface area contributed by atoms with Crippen LogP contribution in [0.15, 0.2) is 18.2 Å². The molecule has 0 aliphatic heterocycles. The number of hydrogen-bond donors (Lipinski definition) is 3. The van der Waals surface area contributed by atoms with Gasteiger partial charge in [0, 0.05) is 12.6 Å². The summed E-state index contributed by atoms with van der Waals surface area (Å²) in [4.78, 5) is 10.3. The fourth-order valence-electron chi connectivity index (χ4n) is 1.32. The van der Waals surface area contributed by atoms with Crippen molar-refractivity contribution >= 4 is 11.4 Å². The summed E-state index contributed by atoms with van der Waals surface area (Å²) in [6.07, 6.45) is -0.931. The third-order valence-corrected chi connectivity index (χ3v) is 2.17. The molecule has 0 aromatic heterocycles. The van der Waals surface area contributed by atoms with E-state index >= 15 is 0 Å². The molecular formula is C10H14N2O4. The number of nitrogens with one attached hydrogen (secondary N) is 1. The molecule has 1 rings (SSSR count). The van der Waals surface area contributed by atoms with Crippen LogP contribution in [0.2, 0.25) is 0 Å². The zero-order valence-electron chi connectivity index (χ0n) is 8.88. The lowest BCUT2D eigenvalue weighted by Crippen LogP contribution is -2.23. The highest BCUT2D eigenvalue weighted by molar-refractivity contribution is 5.65. The minimum absolute atomic E-state index is 0.0369. The van der Waals surface area contributed by atoms with Gasteiger partial charge in [-0.3, -0.25) is 10.1 Å². The maximum Gasteiger partial charge on any atom is 0.292 e. The minimum Gasteiger partial charge on any atom is -0.394 e. The molecule has 1 unspecified atom stereocenters. The predicted molar refractivity (Wildman–Crippen MR) is 59.4 cm³/mol. The van der Waals surface area contributed by atoms with Crippen molar-refractivity contribution in [1.82, 2.24) is 0 Å². The number of aliphatic hydroxyl groups is 2. The van der Waals surface area contributed by atoms with Crippen molar-refractivity contribution in [2.45, 2.75) is 13.0 Å². The number of nitro groups is 1. The highest BCUT2D eigenvalue weighted by Gasteiger charge is 2.15. The number of benzene rings is 1. The van der Waals surface area contributed by atoms with Gasteiger partial charge < -0.3 is 15.5 Å². The van der Waals surface area contributed by atoms with Gasteiger partial charge in [0.15, 0.2) is 0 Å². The van der Waals surface area contributed by atoms with Crippen LogP contribution in [0, 0.1) is 17.0 Å². The Morgan fingerprint density at radius 2 is 2.25 bits per heavy atom. The van der Waals surface area contributed by atoms with Crippen LogP contribution in [-0.4, -0.2) is 34.4 Å².